The van der Waals surface area contributed by atoms with Crippen LogP contribution in [-0.4, -0.2) is 11.1 Å². The summed E-state index contributed by atoms with van der Waals surface area (Å²) in [5.74, 6) is -0.839. The van der Waals surface area contributed by atoms with E-state index < -0.39 is 5.97 Å². The second kappa shape index (κ2) is 2.56. The van der Waals surface area contributed by atoms with Crippen molar-refractivity contribution in [2.24, 2.45) is 0 Å². The van der Waals surface area contributed by atoms with Crippen molar-refractivity contribution in [1.29, 1.82) is 0 Å². The fourth-order valence-corrected chi connectivity index (χ4v) is 0.849. The Hall–Kier alpha value is -1.25. The average molecular weight is 139 g/mol. The molecule has 0 fully saturated rings. The quantitative estimate of drug-likeness (QED) is 0.566. The van der Waals surface area contributed by atoms with Crippen LogP contribution in [-0.2, 0) is 4.79 Å². The molecule has 0 atom stereocenters. The summed E-state index contributed by atoms with van der Waals surface area (Å²) >= 11 is 0. The number of carbonyl (C=O) groups is 1. The number of carboxylic acid groups (broad SMARTS) is 1. The maximum atomic E-state index is 10.4. The Balaban J connectivity index is 2.81. The summed E-state index contributed by atoms with van der Waals surface area (Å²) in [5.41, 5.74) is 1.18. The summed E-state index contributed by atoms with van der Waals surface area (Å²) in [6, 6.07) is 0. The molecule has 0 saturated carbocycles. The molecule has 1 aliphatic rings. The van der Waals surface area contributed by atoms with Crippen LogP contribution in [0.3, 0.4) is 0 Å². The molecule has 0 saturated heterocycles. The molecule has 0 spiro atoms. The Bertz CT molecular complexity index is 216. The second-order valence-electron chi connectivity index (χ2n) is 2.16. The number of nitrogens with one attached hydrogen (secondary N) is 1. The lowest BCUT2D eigenvalue weighted by molar-refractivity contribution is -0.132. The second-order valence-corrected chi connectivity index (χ2v) is 2.16. The van der Waals surface area contributed by atoms with Crippen LogP contribution >= 0.6 is 0 Å². The standard InChI is InChI=1S/C7H9NO2/c1-5-6(7(9)10)3-2-4-8-5/h2,4,8H,3H2,1H3,(H,9,10). The lowest BCUT2D eigenvalue weighted by atomic mass is 10.1. The normalized spacial score (nSPS) is 16.9. The minimum Gasteiger partial charge on any atom is -0.478 e. The van der Waals surface area contributed by atoms with Crippen molar-refractivity contribution in [2.75, 3.05) is 0 Å². The molecule has 54 valence electrons. The average Bonchev–Trinajstić information content (AvgIpc) is 1.88. The molecule has 1 heterocycles. The molecule has 3 nitrogen and oxygen atoms in total. The first kappa shape index (κ1) is 6.86. The van der Waals surface area contributed by atoms with Gasteiger partial charge >= 0.3 is 5.97 Å². The van der Waals surface area contributed by atoms with Gasteiger partial charge in [-0.25, -0.2) is 4.79 Å². The molecule has 0 aromatic rings. The van der Waals surface area contributed by atoms with Gasteiger partial charge in [0.1, 0.15) is 0 Å². The Kier molecular flexibility index (Phi) is 1.76. The number of allylic oxidation sites excluding steroid dienone is 2. The van der Waals surface area contributed by atoms with Crippen molar-refractivity contribution in [3.63, 3.8) is 0 Å². The largest absolute Gasteiger partial charge is 0.478 e. The van der Waals surface area contributed by atoms with Crippen LogP contribution in [0.2, 0.25) is 0 Å². The van der Waals surface area contributed by atoms with Gasteiger partial charge < -0.3 is 10.4 Å². The predicted octanol–water partition coefficient (Wildman–Crippen LogP) is 0.852. The topological polar surface area (TPSA) is 49.3 Å². The van der Waals surface area contributed by atoms with E-state index in [0.29, 0.717) is 12.0 Å². The van der Waals surface area contributed by atoms with E-state index in [-0.39, 0.29) is 0 Å². The molecule has 0 aromatic heterocycles. The molecule has 10 heavy (non-hydrogen) atoms. The summed E-state index contributed by atoms with van der Waals surface area (Å²) in [6.45, 7) is 1.76. The van der Waals surface area contributed by atoms with Gasteiger partial charge in [0.05, 0.1) is 5.57 Å². The van der Waals surface area contributed by atoms with Crippen LogP contribution in [0, 0.1) is 0 Å². The molecule has 0 unspecified atom stereocenters. The Morgan fingerprint density at radius 3 is 2.90 bits per heavy atom. The van der Waals surface area contributed by atoms with Crippen LogP contribution in [0.25, 0.3) is 0 Å². The molecule has 0 bridgehead atoms. The van der Waals surface area contributed by atoms with Gasteiger partial charge in [-0.3, -0.25) is 0 Å². The minimum atomic E-state index is -0.839. The van der Waals surface area contributed by atoms with Crippen molar-refractivity contribution in [3.05, 3.63) is 23.5 Å². The Morgan fingerprint density at radius 1 is 1.80 bits per heavy atom. The highest BCUT2D eigenvalue weighted by Gasteiger charge is 2.10. The fourth-order valence-electron chi connectivity index (χ4n) is 0.849. The van der Waals surface area contributed by atoms with E-state index in [1.165, 1.54) is 0 Å². The van der Waals surface area contributed by atoms with E-state index in [2.05, 4.69) is 5.32 Å². The molecule has 2 N–H and O–H groups in total. The van der Waals surface area contributed by atoms with Crippen molar-refractivity contribution in [3.8, 4) is 0 Å². The zero-order valence-corrected chi connectivity index (χ0v) is 5.72. The van der Waals surface area contributed by atoms with Gasteiger partial charge in [-0.05, 0) is 13.1 Å². The summed E-state index contributed by atoms with van der Waals surface area (Å²) < 4.78 is 0. The Labute approximate surface area is 59.0 Å². The first-order valence-electron chi connectivity index (χ1n) is 3.06. The lowest BCUT2D eigenvalue weighted by Gasteiger charge is -2.10. The van der Waals surface area contributed by atoms with E-state index in [4.69, 9.17) is 5.11 Å². The maximum absolute atomic E-state index is 10.4. The van der Waals surface area contributed by atoms with Crippen LogP contribution in [0.4, 0.5) is 0 Å². The monoisotopic (exact) mass is 139 g/mol. The van der Waals surface area contributed by atoms with Crippen LogP contribution < -0.4 is 5.32 Å². The molecule has 3 heteroatoms. The molecule has 1 aliphatic heterocycles. The van der Waals surface area contributed by atoms with Crippen molar-refractivity contribution in [1.82, 2.24) is 5.32 Å². The highest BCUT2D eigenvalue weighted by molar-refractivity contribution is 5.87. The number of hydrogen-bond acceptors (Lipinski definition) is 2. The maximum Gasteiger partial charge on any atom is 0.333 e. The fraction of sp³-hybridized carbons (Fsp3) is 0.286. The van der Waals surface area contributed by atoms with Crippen molar-refractivity contribution >= 4 is 5.97 Å². The van der Waals surface area contributed by atoms with Gasteiger partial charge in [-0.2, -0.15) is 0 Å². The first-order chi connectivity index (χ1) is 4.72. The smallest absolute Gasteiger partial charge is 0.333 e. The summed E-state index contributed by atoms with van der Waals surface area (Å²) in [6.07, 6.45) is 4.06. The third kappa shape index (κ3) is 1.18. The zero-order chi connectivity index (χ0) is 7.56. The van der Waals surface area contributed by atoms with E-state index in [0.717, 1.165) is 5.70 Å². The molecular weight excluding hydrogens is 130 g/mol. The van der Waals surface area contributed by atoms with Crippen molar-refractivity contribution in [2.45, 2.75) is 13.3 Å². The lowest BCUT2D eigenvalue weighted by Crippen LogP contribution is -2.14. The van der Waals surface area contributed by atoms with Gasteiger partial charge in [0.25, 0.3) is 0 Å². The summed E-state index contributed by atoms with van der Waals surface area (Å²) in [7, 11) is 0. The van der Waals surface area contributed by atoms with E-state index >= 15 is 0 Å². The number of aliphatic carboxylic acids is 1. The summed E-state index contributed by atoms with van der Waals surface area (Å²) in [4.78, 5) is 10.4. The third-order valence-corrected chi connectivity index (χ3v) is 1.45. The summed E-state index contributed by atoms with van der Waals surface area (Å²) in [5, 5.41) is 11.4. The van der Waals surface area contributed by atoms with Gasteiger partial charge in [-0.15, -0.1) is 0 Å². The Morgan fingerprint density at radius 2 is 2.50 bits per heavy atom. The number of carboxylic acids is 1. The third-order valence-electron chi connectivity index (χ3n) is 1.45. The van der Waals surface area contributed by atoms with E-state index in [1.54, 1.807) is 19.2 Å². The zero-order valence-electron chi connectivity index (χ0n) is 5.72. The highest BCUT2D eigenvalue weighted by Crippen LogP contribution is 2.10. The SMILES string of the molecule is CC1=C(C(=O)O)CC=CN1. The molecular formula is C7H9NO2. The molecule has 0 aromatic carbocycles. The van der Waals surface area contributed by atoms with Crippen LogP contribution in [0.5, 0.6) is 0 Å². The van der Waals surface area contributed by atoms with Gasteiger partial charge in [0, 0.05) is 12.1 Å². The predicted molar refractivity (Wildman–Crippen MR) is 37.2 cm³/mol. The molecule has 0 aliphatic carbocycles. The van der Waals surface area contributed by atoms with Gasteiger partial charge in [0.15, 0.2) is 0 Å². The number of dihydropyridines is 1. The van der Waals surface area contributed by atoms with Crippen LogP contribution in [0.15, 0.2) is 23.5 Å². The van der Waals surface area contributed by atoms with Gasteiger partial charge in [-0.1, -0.05) is 6.08 Å². The first-order valence-corrected chi connectivity index (χ1v) is 3.06. The number of rotatable bonds is 1. The molecule has 0 radical (unpaired) electrons. The van der Waals surface area contributed by atoms with Gasteiger partial charge in [0.2, 0.25) is 0 Å². The molecule has 1 rings (SSSR count). The molecule has 0 amide bonds. The minimum absolute atomic E-state index is 0.447. The van der Waals surface area contributed by atoms with E-state index in [1.807, 2.05) is 0 Å². The van der Waals surface area contributed by atoms with Crippen LogP contribution in [0.1, 0.15) is 13.3 Å². The number of hydrogen-bond donors (Lipinski definition) is 2. The highest BCUT2D eigenvalue weighted by atomic mass is 16.4. The van der Waals surface area contributed by atoms with E-state index in [9.17, 15) is 4.79 Å². The van der Waals surface area contributed by atoms with Crippen molar-refractivity contribution < 1.29 is 9.90 Å².